The number of fused-ring (bicyclic) bond motifs is 3. The van der Waals surface area contributed by atoms with Crippen molar-refractivity contribution in [2.45, 2.75) is 79.3 Å². The molecule has 1 aromatic heterocycles. The number of hydrogen-bond donors (Lipinski definition) is 6. The molecule has 3 atom stereocenters. The van der Waals surface area contributed by atoms with E-state index in [9.17, 15) is 24.0 Å². The van der Waals surface area contributed by atoms with E-state index in [0.717, 1.165) is 28.7 Å². The molecule has 1 aliphatic heterocycles. The summed E-state index contributed by atoms with van der Waals surface area (Å²) in [7, 11) is 1.39. The maximum absolute atomic E-state index is 15.2. The van der Waals surface area contributed by atoms with Crippen molar-refractivity contribution in [3.05, 3.63) is 119 Å². The Kier molecular flexibility index (Phi) is 13.4. The number of carbonyl (C=O) groups is 5. The average Bonchev–Trinajstić information content (AvgIpc) is 3.62. The highest BCUT2D eigenvalue weighted by Crippen LogP contribution is 2.44. The van der Waals surface area contributed by atoms with Crippen molar-refractivity contribution >= 4 is 52.2 Å². The number of nitrogens with two attached hydrogens (primary N) is 2. The van der Waals surface area contributed by atoms with E-state index < -0.39 is 59.4 Å². The lowest BCUT2D eigenvalue weighted by Crippen LogP contribution is -2.57. The van der Waals surface area contributed by atoms with Crippen LogP contribution < -0.4 is 27.4 Å². The molecule has 0 aliphatic carbocycles. The third-order valence-corrected chi connectivity index (χ3v) is 11.6. The number of alkyl halides is 3. The van der Waals surface area contributed by atoms with Crippen molar-refractivity contribution in [3.63, 3.8) is 0 Å². The van der Waals surface area contributed by atoms with Gasteiger partial charge in [-0.2, -0.15) is 13.2 Å². The van der Waals surface area contributed by atoms with Crippen molar-refractivity contribution in [2.75, 3.05) is 7.05 Å². The molecule has 6 rings (SSSR count). The van der Waals surface area contributed by atoms with Gasteiger partial charge < -0.3 is 37.3 Å². The van der Waals surface area contributed by atoms with Gasteiger partial charge in [0.2, 0.25) is 29.5 Å². The van der Waals surface area contributed by atoms with Gasteiger partial charge in [0.25, 0.3) is 0 Å². The SMILES string of the molecule is CN1C(=O)[C@H](CCC(N)=O)NC(=O)[C@H](CCC(N)=O)NCc2ccccc2Sc2c(cc(-c3ccccc3)cc2C(F)(F)F)CNC(=O)[C@@H]1Cc1c[nH]c2ccccc12. The number of hydrogen-bond acceptors (Lipinski definition) is 7. The number of carbonyl (C=O) groups excluding carboxylic acids is 5. The third-order valence-electron chi connectivity index (χ3n) is 10.3. The number of benzene rings is 4. The Hall–Kier alpha value is -6.13. The number of H-pyrrole nitrogens is 1. The van der Waals surface area contributed by atoms with Crippen LogP contribution in [-0.2, 0) is 49.7 Å². The molecule has 0 spiro atoms. The summed E-state index contributed by atoms with van der Waals surface area (Å²) in [6.45, 7) is -0.364. The number of nitrogens with one attached hydrogen (secondary N) is 4. The van der Waals surface area contributed by atoms with E-state index in [0.29, 0.717) is 21.6 Å². The first kappa shape index (κ1) is 42.5. The van der Waals surface area contributed by atoms with Gasteiger partial charge in [0.15, 0.2) is 0 Å². The first-order valence-electron chi connectivity index (χ1n) is 18.9. The summed E-state index contributed by atoms with van der Waals surface area (Å²) < 4.78 is 45.5. The summed E-state index contributed by atoms with van der Waals surface area (Å²) in [5, 5.41) is 9.44. The summed E-state index contributed by atoms with van der Waals surface area (Å²) in [4.78, 5) is 71.4. The van der Waals surface area contributed by atoms with E-state index >= 15 is 13.2 Å². The second kappa shape index (κ2) is 18.6. The van der Waals surface area contributed by atoms with E-state index in [4.69, 9.17) is 11.5 Å². The Bertz CT molecular complexity index is 2350. The Morgan fingerprint density at radius 3 is 2.17 bits per heavy atom. The molecule has 1 aliphatic rings. The summed E-state index contributed by atoms with van der Waals surface area (Å²) in [5.74, 6) is -3.50. The van der Waals surface area contributed by atoms with Crippen molar-refractivity contribution in [3.8, 4) is 11.1 Å². The summed E-state index contributed by atoms with van der Waals surface area (Å²) in [6.07, 6.45) is -3.90. The molecular formula is C43H44F3N7O5S. The van der Waals surface area contributed by atoms with E-state index in [1.807, 2.05) is 24.3 Å². The van der Waals surface area contributed by atoms with Crippen LogP contribution in [0.1, 0.15) is 47.9 Å². The van der Waals surface area contributed by atoms with Gasteiger partial charge in [-0.25, -0.2) is 0 Å². The number of amides is 5. The molecule has 5 amide bonds. The molecule has 16 heteroatoms. The second-order valence-corrected chi connectivity index (χ2v) is 15.4. The minimum atomic E-state index is -4.81. The fourth-order valence-electron chi connectivity index (χ4n) is 7.08. The number of para-hydroxylation sites is 1. The van der Waals surface area contributed by atoms with Gasteiger partial charge >= 0.3 is 6.18 Å². The van der Waals surface area contributed by atoms with E-state index in [-0.39, 0.29) is 61.2 Å². The fourth-order valence-corrected chi connectivity index (χ4v) is 8.27. The number of likely N-dealkylation sites (N-methyl/N-ethyl adjacent to an activating group) is 1. The molecule has 12 nitrogen and oxygen atoms in total. The zero-order chi connectivity index (χ0) is 42.3. The van der Waals surface area contributed by atoms with Crippen LogP contribution in [0.25, 0.3) is 22.0 Å². The van der Waals surface area contributed by atoms with E-state index in [2.05, 4.69) is 20.9 Å². The minimum Gasteiger partial charge on any atom is -0.370 e. The van der Waals surface area contributed by atoms with Gasteiger partial charge in [-0.1, -0.05) is 78.5 Å². The number of aromatic nitrogens is 1. The highest BCUT2D eigenvalue weighted by atomic mass is 32.2. The topological polar surface area (TPSA) is 193 Å². The summed E-state index contributed by atoms with van der Waals surface area (Å²) in [6, 6.07) is 21.7. The molecule has 0 fully saturated rings. The lowest BCUT2D eigenvalue weighted by atomic mass is 9.98. The van der Waals surface area contributed by atoms with E-state index in [1.165, 1.54) is 11.9 Å². The minimum absolute atomic E-state index is 0.0236. The quantitative estimate of drug-likeness (QED) is 0.118. The standard InChI is InChI=1S/C43H44F3N7O5S/c1-53-35(21-28-23-49-32-13-7-6-12-30(28)32)41(57)51-24-29-19-27(25-9-3-2-4-10-25)20-31(43(44,45)46)39(29)59-36-14-8-5-11-26(36)22-50-33(15-17-37(47)54)40(56)52-34(42(53)58)16-18-38(48)55/h2-14,19-20,23,33-35,49-50H,15-18,21-22,24H2,1H3,(H2,47,54)(H2,48,55)(H,51,57)(H,52,56)/t33-,34-,35-/m0/s1. The molecule has 0 saturated carbocycles. The van der Waals surface area contributed by atoms with Crippen LogP contribution in [0.4, 0.5) is 13.2 Å². The van der Waals surface area contributed by atoms with Crippen molar-refractivity contribution in [1.29, 1.82) is 0 Å². The molecule has 0 saturated heterocycles. The predicted octanol–water partition coefficient (Wildman–Crippen LogP) is 5.18. The lowest BCUT2D eigenvalue weighted by Gasteiger charge is -2.32. The van der Waals surface area contributed by atoms with Crippen molar-refractivity contribution < 1.29 is 37.1 Å². The Labute approximate surface area is 342 Å². The molecule has 8 N–H and O–H groups in total. The van der Waals surface area contributed by atoms with Crippen LogP contribution in [0.5, 0.6) is 0 Å². The Morgan fingerprint density at radius 2 is 1.46 bits per heavy atom. The first-order valence-corrected chi connectivity index (χ1v) is 19.8. The van der Waals surface area contributed by atoms with Gasteiger partial charge in [0.05, 0.1) is 11.6 Å². The Morgan fingerprint density at radius 1 is 0.797 bits per heavy atom. The van der Waals surface area contributed by atoms with Gasteiger partial charge in [-0.05, 0) is 64.9 Å². The van der Waals surface area contributed by atoms with Crippen LogP contribution in [-0.4, -0.2) is 64.6 Å². The van der Waals surface area contributed by atoms with Crippen molar-refractivity contribution in [1.82, 2.24) is 25.8 Å². The Balaban J connectivity index is 1.50. The first-order chi connectivity index (χ1) is 28.2. The highest BCUT2D eigenvalue weighted by molar-refractivity contribution is 7.99. The number of halogens is 3. The average molecular weight is 828 g/mol. The second-order valence-electron chi connectivity index (χ2n) is 14.3. The van der Waals surface area contributed by atoms with Crippen LogP contribution >= 0.6 is 11.8 Å². The maximum atomic E-state index is 15.2. The zero-order valence-electron chi connectivity index (χ0n) is 32.1. The monoisotopic (exact) mass is 827 g/mol. The fraction of sp³-hybridized carbons (Fsp3) is 0.279. The van der Waals surface area contributed by atoms with Gasteiger partial charge in [-0.15, -0.1) is 0 Å². The van der Waals surface area contributed by atoms with Gasteiger partial charge in [-0.3, -0.25) is 24.0 Å². The zero-order valence-corrected chi connectivity index (χ0v) is 32.9. The molecule has 2 heterocycles. The van der Waals surface area contributed by atoms with Crippen LogP contribution in [0, 0.1) is 0 Å². The molecule has 0 radical (unpaired) electrons. The smallest absolute Gasteiger partial charge is 0.370 e. The molecular weight excluding hydrogens is 784 g/mol. The third kappa shape index (κ3) is 10.5. The summed E-state index contributed by atoms with van der Waals surface area (Å²) in [5.41, 5.74) is 13.0. The van der Waals surface area contributed by atoms with Crippen LogP contribution in [0.15, 0.2) is 107 Å². The molecule has 0 unspecified atom stereocenters. The van der Waals surface area contributed by atoms with E-state index in [1.54, 1.807) is 66.9 Å². The maximum Gasteiger partial charge on any atom is 0.417 e. The normalized spacial score (nSPS) is 18.3. The number of primary amides is 2. The molecule has 59 heavy (non-hydrogen) atoms. The molecule has 308 valence electrons. The predicted molar refractivity (Wildman–Crippen MR) is 217 cm³/mol. The lowest BCUT2D eigenvalue weighted by molar-refractivity contribution is -0.142. The molecule has 0 bridgehead atoms. The molecule has 5 aromatic rings. The number of rotatable bonds is 9. The molecule has 4 aromatic carbocycles. The number of nitrogens with zero attached hydrogens (tertiary/aromatic N) is 1. The van der Waals surface area contributed by atoms with Crippen molar-refractivity contribution in [2.24, 2.45) is 11.5 Å². The van der Waals surface area contributed by atoms with Crippen LogP contribution in [0.3, 0.4) is 0 Å². The number of aromatic amines is 1. The summed E-state index contributed by atoms with van der Waals surface area (Å²) >= 11 is 0.878. The highest BCUT2D eigenvalue weighted by Gasteiger charge is 2.37. The largest absolute Gasteiger partial charge is 0.417 e. The van der Waals surface area contributed by atoms with Crippen LogP contribution in [0.2, 0.25) is 0 Å². The van der Waals surface area contributed by atoms with Gasteiger partial charge in [0.1, 0.15) is 12.1 Å². The van der Waals surface area contributed by atoms with Gasteiger partial charge in [0, 0.05) is 66.3 Å².